The molecule has 20 heavy (non-hydrogen) atoms. The van der Waals surface area contributed by atoms with Gasteiger partial charge < -0.3 is 11.1 Å². The summed E-state index contributed by atoms with van der Waals surface area (Å²) in [5.74, 6) is 2.44. The Kier molecular flexibility index (Phi) is 5.84. The van der Waals surface area contributed by atoms with Gasteiger partial charge in [0, 0.05) is 12.2 Å². The molecule has 3 nitrogen and oxygen atoms in total. The molecule has 1 fully saturated rings. The summed E-state index contributed by atoms with van der Waals surface area (Å²) >= 11 is 0. The predicted octanol–water partition coefficient (Wildman–Crippen LogP) is 3.40. The normalized spacial score (nSPS) is 24.5. The Bertz CT molecular complexity index is 397. The highest BCUT2D eigenvalue weighted by molar-refractivity contribution is 5.39. The fourth-order valence-electron chi connectivity index (χ4n) is 3.53. The smallest absolute Gasteiger partial charge is 0.126 e. The highest BCUT2D eigenvalue weighted by Crippen LogP contribution is 2.33. The van der Waals surface area contributed by atoms with Crippen molar-refractivity contribution in [1.29, 1.82) is 0 Å². The quantitative estimate of drug-likeness (QED) is 0.836. The summed E-state index contributed by atoms with van der Waals surface area (Å²) < 4.78 is 0. The third kappa shape index (κ3) is 3.95. The van der Waals surface area contributed by atoms with Gasteiger partial charge in [0.15, 0.2) is 0 Å². The molecule has 1 aliphatic carbocycles. The van der Waals surface area contributed by atoms with Crippen LogP contribution in [0.2, 0.25) is 0 Å². The second-order valence-electron chi connectivity index (χ2n) is 6.11. The number of nitrogens with zero attached hydrogens (tertiary/aromatic N) is 1. The molecule has 1 aromatic heterocycles. The first-order chi connectivity index (χ1) is 9.74. The van der Waals surface area contributed by atoms with Gasteiger partial charge in [0.05, 0.1) is 0 Å². The first-order valence-corrected chi connectivity index (χ1v) is 8.17. The summed E-state index contributed by atoms with van der Waals surface area (Å²) in [6.45, 7) is 5.54. The number of nitrogens with one attached hydrogen (secondary N) is 1. The molecule has 0 aliphatic heterocycles. The number of nitrogen functional groups attached to an aromatic ring is 1. The molecule has 1 unspecified atom stereocenters. The van der Waals surface area contributed by atoms with Crippen LogP contribution in [0.1, 0.15) is 51.5 Å². The second-order valence-corrected chi connectivity index (χ2v) is 6.11. The number of rotatable bonds is 6. The van der Waals surface area contributed by atoms with Gasteiger partial charge in [-0.2, -0.15) is 0 Å². The van der Waals surface area contributed by atoms with E-state index in [1.807, 2.05) is 6.07 Å². The van der Waals surface area contributed by atoms with Crippen molar-refractivity contribution in [2.45, 2.75) is 58.4 Å². The lowest BCUT2D eigenvalue weighted by molar-refractivity contribution is 0.218. The number of aromatic nitrogens is 1. The predicted molar refractivity (Wildman–Crippen MR) is 85.6 cm³/mol. The van der Waals surface area contributed by atoms with Crippen LogP contribution in [0.4, 0.5) is 5.82 Å². The molecule has 1 aliphatic rings. The Morgan fingerprint density at radius 2 is 2.05 bits per heavy atom. The molecule has 1 heterocycles. The summed E-state index contributed by atoms with van der Waals surface area (Å²) in [5, 5.41) is 3.68. The molecule has 0 saturated heterocycles. The van der Waals surface area contributed by atoms with E-state index in [0.717, 1.165) is 24.8 Å². The number of hydrogen-bond donors (Lipinski definition) is 2. The van der Waals surface area contributed by atoms with E-state index >= 15 is 0 Å². The SMILES string of the molecule is CCNC(Cc1cccnc1N)C1CCC(CC)CC1. The molecule has 1 aromatic rings. The maximum atomic E-state index is 6.00. The monoisotopic (exact) mass is 275 g/mol. The van der Waals surface area contributed by atoms with Crippen molar-refractivity contribution in [3.63, 3.8) is 0 Å². The van der Waals surface area contributed by atoms with Crippen LogP contribution in [-0.4, -0.2) is 17.6 Å². The second kappa shape index (κ2) is 7.63. The van der Waals surface area contributed by atoms with Crippen molar-refractivity contribution in [2.75, 3.05) is 12.3 Å². The van der Waals surface area contributed by atoms with Crippen LogP contribution in [0.5, 0.6) is 0 Å². The molecule has 0 radical (unpaired) electrons. The maximum Gasteiger partial charge on any atom is 0.126 e. The lowest BCUT2D eigenvalue weighted by atomic mass is 9.76. The van der Waals surface area contributed by atoms with Crippen molar-refractivity contribution >= 4 is 5.82 Å². The molecule has 3 N–H and O–H groups in total. The molecular formula is C17H29N3. The van der Waals surface area contributed by atoms with E-state index in [2.05, 4.69) is 30.2 Å². The molecule has 1 atom stereocenters. The van der Waals surface area contributed by atoms with Gasteiger partial charge in [-0.15, -0.1) is 0 Å². The molecule has 0 spiro atoms. The van der Waals surface area contributed by atoms with E-state index in [9.17, 15) is 0 Å². The van der Waals surface area contributed by atoms with Gasteiger partial charge in [-0.05, 0) is 49.3 Å². The molecule has 2 rings (SSSR count). The Morgan fingerprint density at radius 3 is 2.65 bits per heavy atom. The van der Waals surface area contributed by atoms with Crippen LogP contribution in [0, 0.1) is 11.8 Å². The average molecular weight is 275 g/mol. The molecule has 3 heteroatoms. The third-order valence-electron chi connectivity index (χ3n) is 4.87. The van der Waals surface area contributed by atoms with Gasteiger partial charge >= 0.3 is 0 Å². The standard InChI is InChI=1S/C17H29N3/c1-3-13-7-9-14(10-8-13)16(19-4-2)12-15-6-5-11-20-17(15)18/h5-6,11,13-14,16,19H,3-4,7-10,12H2,1-2H3,(H2,18,20). The van der Waals surface area contributed by atoms with Crippen LogP contribution >= 0.6 is 0 Å². The average Bonchev–Trinajstić information content (AvgIpc) is 2.49. The lowest BCUT2D eigenvalue weighted by Crippen LogP contribution is -2.40. The number of anilines is 1. The van der Waals surface area contributed by atoms with Gasteiger partial charge in [0.1, 0.15) is 5.82 Å². The minimum atomic E-state index is 0.546. The molecule has 0 bridgehead atoms. The Hall–Kier alpha value is -1.09. The highest BCUT2D eigenvalue weighted by Gasteiger charge is 2.27. The summed E-state index contributed by atoms with van der Waals surface area (Å²) in [4.78, 5) is 4.21. The van der Waals surface area contributed by atoms with Crippen LogP contribution in [0.15, 0.2) is 18.3 Å². The van der Waals surface area contributed by atoms with Crippen LogP contribution in [-0.2, 0) is 6.42 Å². The van der Waals surface area contributed by atoms with E-state index in [-0.39, 0.29) is 0 Å². The minimum Gasteiger partial charge on any atom is -0.383 e. The molecule has 112 valence electrons. The third-order valence-corrected chi connectivity index (χ3v) is 4.87. The molecule has 1 saturated carbocycles. The maximum absolute atomic E-state index is 6.00. The minimum absolute atomic E-state index is 0.546. The highest BCUT2D eigenvalue weighted by atomic mass is 14.9. The van der Waals surface area contributed by atoms with Gasteiger partial charge in [-0.25, -0.2) is 4.98 Å². The summed E-state index contributed by atoms with van der Waals surface area (Å²) in [6.07, 6.45) is 9.63. The number of pyridine rings is 1. The van der Waals surface area contributed by atoms with Gasteiger partial charge in [0.2, 0.25) is 0 Å². The van der Waals surface area contributed by atoms with Crippen LogP contribution < -0.4 is 11.1 Å². The molecule has 0 amide bonds. The van der Waals surface area contributed by atoms with E-state index < -0.39 is 0 Å². The molecular weight excluding hydrogens is 246 g/mol. The summed E-state index contributed by atoms with van der Waals surface area (Å²) in [5.41, 5.74) is 7.19. The zero-order chi connectivity index (χ0) is 14.4. The van der Waals surface area contributed by atoms with Crippen molar-refractivity contribution in [1.82, 2.24) is 10.3 Å². The first kappa shape index (κ1) is 15.3. The van der Waals surface area contributed by atoms with Gasteiger partial charge in [-0.3, -0.25) is 0 Å². The van der Waals surface area contributed by atoms with Crippen molar-refractivity contribution in [2.24, 2.45) is 11.8 Å². The fourth-order valence-corrected chi connectivity index (χ4v) is 3.53. The topological polar surface area (TPSA) is 50.9 Å². The van der Waals surface area contributed by atoms with Crippen LogP contribution in [0.25, 0.3) is 0 Å². The van der Waals surface area contributed by atoms with Crippen molar-refractivity contribution < 1.29 is 0 Å². The number of likely N-dealkylation sites (N-methyl/N-ethyl adjacent to an activating group) is 1. The largest absolute Gasteiger partial charge is 0.383 e. The fraction of sp³-hybridized carbons (Fsp3) is 0.706. The Labute approximate surface area is 123 Å². The van der Waals surface area contributed by atoms with E-state index in [4.69, 9.17) is 5.73 Å². The van der Waals surface area contributed by atoms with E-state index in [1.165, 1.54) is 37.7 Å². The zero-order valence-corrected chi connectivity index (χ0v) is 12.9. The van der Waals surface area contributed by atoms with E-state index in [0.29, 0.717) is 11.9 Å². The number of hydrogen-bond acceptors (Lipinski definition) is 3. The Balaban J connectivity index is 1.99. The van der Waals surface area contributed by atoms with Gasteiger partial charge in [-0.1, -0.05) is 39.2 Å². The van der Waals surface area contributed by atoms with Crippen molar-refractivity contribution in [3.8, 4) is 0 Å². The van der Waals surface area contributed by atoms with Crippen molar-refractivity contribution in [3.05, 3.63) is 23.9 Å². The number of nitrogens with two attached hydrogens (primary N) is 1. The van der Waals surface area contributed by atoms with Crippen LogP contribution in [0.3, 0.4) is 0 Å². The first-order valence-electron chi connectivity index (χ1n) is 8.17. The summed E-state index contributed by atoms with van der Waals surface area (Å²) in [7, 11) is 0. The molecule has 0 aromatic carbocycles. The Morgan fingerprint density at radius 1 is 1.30 bits per heavy atom. The lowest BCUT2D eigenvalue weighted by Gasteiger charge is -2.34. The van der Waals surface area contributed by atoms with Gasteiger partial charge in [0.25, 0.3) is 0 Å². The van der Waals surface area contributed by atoms with E-state index in [1.54, 1.807) is 6.20 Å². The zero-order valence-electron chi connectivity index (χ0n) is 12.9. The summed E-state index contributed by atoms with van der Waals surface area (Å²) in [6, 6.07) is 4.65.